The molecule has 4 rings (SSSR count). The standard InChI is InChI=1S/C19H14N4O3/c20-18(24)15-7-8-16(26-15)19(25)21-17-10-14(22-23-17)13-6-5-11-3-1-2-4-12(11)9-13/h1-10H,(H2,20,24)(H2,21,22,23,25). The van der Waals surface area contributed by atoms with Gasteiger partial charge in [0, 0.05) is 11.6 Å². The van der Waals surface area contributed by atoms with Gasteiger partial charge in [0.15, 0.2) is 17.3 Å². The molecule has 0 aliphatic rings. The van der Waals surface area contributed by atoms with Crippen LogP contribution in [0.15, 0.2) is 65.1 Å². The normalized spacial score (nSPS) is 10.8. The van der Waals surface area contributed by atoms with Crippen molar-refractivity contribution in [1.82, 2.24) is 10.2 Å². The van der Waals surface area contributed by atoms with E-state index in [0.717, 1.165) is 22.0 Å². The average molecular weight is 346 g/mol. The van der Waals surface area contributed by atoms with Crippen molar-refractivity contribution >= 4 is 28.4 Å². The number of aromatic amines is 1. The predicted octanol–water partition coefficient (Wildman–Crippen LogP) is 3.17. The Kier molecular flexibility index (Phi) is 3.74. The predicted molar refractivity (Wildman–Crippen MR) is 96.7 cm³/mol. The Labute approximate surface area is 147 Å². The van der Waals surface area contributed by atoms with Crippen molar-refractivity contribution in [3.05, 3.63) is 72.2 Å². The van der Waals surface area contributed by atoms with Crippen molar-refractivity contribution in [2.45, 2.75) is 0 Å². The molecule has 2 amide bonds. The van der Waals surface area contributed by atoms with Crippen LogP contribution < -0.4 is 11.1 Å². The summed E-state index contributed by atoms with van der Waals surface area (Å²) in [6, 6.07) is 18.5. The highest BCUT2D eigenvalue weighted by Gasteiger charge is 2.15. The third kappa shape index (κ3) is 2.93. The lowest BCUT2D eigenvalue weighted by molar-refractivity contribution is 0.0959. The van der Waals surface area contributed by atoms with Crippen LogP contribution in [0.3, 0.4) is 0 Å². The average Bonchev–Trinajstić information content (AvgIpc) is 3.31. The van der Waals surface area contributed by atoms with E-state index in [-0.39, 0.29) is 11.5 Å². The van der Waals surface area contributed by atoms with E-state index in [0.29, 0.717) is 5.82 Å². The van der Waals surface area contributed by atoms with E-state index in [1.165, 1.54) is 12.1 Å². The maximum absolute atomic E-state index is 12.2. The zero-order valence-corrected chi connectivity index (χ0v) is 13.5. The topological polar surface area (TPSA) is 114 Å². The lowest BCUT2D eigenvalue weighted by atomic mass is 10.1. The lowest BCUT2D eigenvalue weighted by Gasteiger charge is -2.01. The molecule has 0 saturated heterocycles. The number of primary amides is 1. The van der Waals surface area contributed by atoms with Gasteiger partial charge in [-0.1, -0.05) is 36.4 Å². The summed E-state index contributed by atoms with van der Waals surface area (Å²) in [4.78, 5) is 23.2. The molecule has 128 valence electrons. The van der Waals surface area contributed by atoms with Crippen molar-refractivity contribution in [1.29, 1.82) is 0 Å². The second-order valence-electron chi connectivity index (χ2n) is 5.71. The molecule has 7 heteroatoms. The zero-order valence-electron chi connectivity index (χ0n) is 13.5. The third-order valence-electron chi connectivity index (χ3n) is 3.95. The first-order chi connectivity index (χ1) is 12.6. The quantitative estimate of drug-likeness (QED) is 0.526. The summed E-state index contributed by atoms with van der Waals surface area (Å²) < 4.78 is 5.09. The van der Waals surface area contributed by atoms with E-state index >= 15 is 0 Å². The van der Waals surface area contributed by atoms with Crippen molar-refractivity contribution in [2.24, 2.45) is 5.73 Å². The van der Waals surface area contributed by atoms with E-state index < -0.39 is 11.8 Å². The fraction of sp³-hybridized carbons (Fsp3) is 0. The second-order valence-corrected chi connectivity index (χ2v) is 5.71. The van der Waals surface area contributed by atoms with Crippen LogP contribution in [0.2, 0.25) is 0 Å². The molecular weight excluding hydrogens is 332 g/mol. The molecule has 0 bridgehead atoms. The summed E-state index contributed by atoms with van der Waals surface area (Å²) in [5.74, 6) is -1.00. The first kappa shape index (κ1) is 15.6. The number of benzene rings is 2. The molecule has 0 radical (unpaired) electrons. The van der Waals surface area contributed by atoms with Crippen LogP contribution in [0.25, 0.3) is 22.0 Å². The van der Waals surface area contributed by atoms with Crippen molar-refractivity contribution in [2.75, 3.05) is 5.32 Å². The Morgan fingerprint density at radius 1 is 0.962 bits per heavy atom. The van der Waals surface area contributed by atoms with Crippen molar-refractivity contribution in [3.8, 4) is 11.3 Å². The van der Waals surface area contributed by atoms with Gasteiger partial charge in [-0.05, 0) is 29.0 Å². The number of rotatable bonds is 4. The first-order valence-corrected chi connectivity index (χ1v) is 7.86. The summed E-state index contributed by atoms with van der Waals surface area (Å²) in [5.41, 5.74) is 6.82. The number of carbonyl (C=O) groups is 2. The highest BCUT2D eigenvalue weighted by Crippen LogP contribution is 2.24. The number of hydrogen-bond donors (Lipinski definition) is 3. The zero-order chi connectivity index (χ0) is 18.1. The van der Waals surface area contributed by atoms with Crippen LogP contribution >= 0.6 is 0 Å². The Balaban J connectivity index is 1.55. The lowest BCUT2D eigenvalue weighted by Crippen LogP contribution is -2.12. The van der Waals surface area contributed by atoms with Gasteiger partial charge >= 0.3 is 0 Å². The van der Waals surface area contributed by atoms with Crippen LogP contribution in [0.5, 0.6) is 0 Å². The number of hydrogen-bond acceptors (Lipinski definition) is 4. The number of nitrogens with one attached hydrogen (secondary N) is 2. The number of furan rings is 1. The first-order valence-electron chi connectivity index (χ1n) is 7.86. The van der Waals surface area contributed by atoms with Gasteiger partial charge in [-0.3, -0.25) is 14.7 Å². The highest BCUT2D eigenvalue weighted by molar-refractivity contribution is 6.03. The number of H-pyrrole nitrogens is 1. The molecule has 7 nitrogen and oxygen atoms in total. The summed E-state index contributed by atoms with van der Waals surface area (Å²) in [7, 11) is 0. The molecule has 0 aliphatic heterocycles. The smallest absolute Gasteiger partial charge is 0.292 e. The minimum atomic E-state index is -0.734. The van der Waals surface area contributed by atoms with Gasteiger partial charge in [0.1, 0.15) is 0 Å². The van der Waals surface area contributed by atoms with Crippen LogP contribution in [0.4, 0.5) is 5.82 Å². The molecule has 4 N–H and O–H groups in total. The van der Waals surface area contributed by atoms with E-state index in [1.54, 1.807) is 6.07 Å². The minimum Gasteiger partial charge on any atom is -0.446 e. The molecule has 0 atom stereocenters. The fourth-order valence-corrected chi connectivity index (χ4v) is 2.66. The Morgan fingerprint density at radius 2 is 1.73 bits per heavy atom. The number of fused-ring (bicyclic) bond motifs is 1. The van der Waals surface area contributed by atoms with Gasteiger partial charge in [-0.15, -0.1) is 0 Å². The third-order valence-corrected chi connectivity index (χ3v) is 3.95. The molecule has 4 aromatic rings. The summed E-state index contributed by atoms with van der Waals surface area (Å²) in [6.07, 6.45) is 0. The van der Waals surface area contributed by atoms with Crippen molar-refractivity contribution < 1.29 is 14.0 Å². The van der Waals surface area contributed by atoms with E-state index in [9.17, 15) is 9.59 Å². The molecular formula is C19H14N4O3. The van der Waals surface area contributed by atoms with E-state index in [2.05, 4.69) is 15.5 Å². The number of amides is 2. The molecule has 0 saturated carbocycles. The fourth-order valence-electron chi connectivity index (χ4n) is 2.66. The molecule has 2 aromatic carbocycles. The van der Waals surface area contributed by atoms with E-state index in [1.807, 2.05) is 42.5 Å². The van der Waals surface area contributed by atoms with Crippen LogP contribution in [-0.2, 0) is 0 Å². The molecule has 0 spiro atoms. The number of nitrogens with two attached hydrogens (primary N) is 1. The Bertz CT molecular complexity index is 1130. The Hall–Kier alpha value is -3.87. The monoisotopic (exact) mass is 346 g/mol. The molecule has 0 aliphatic carbocycles. The van der Waals surface area contributed by atoms with Crippen LogP contribution in [0, 0.1) is 0 Å². The second kappa shape index (κ2) is 6.21. The van der Waals surface area contributed by atoms with Gasteiger partial charge in [-0.2, -0.15) is 5.10 Å². The molecule has 26 heavy (non-hydrogen) atoms. The van der Waals surface area contributed by atoms with E-state index in [4.69, 9.17) is 10.2 Å². The van der Waals surface area contributed by atoms with Crippen molar-refractivity contribution in [3.63, 3.8) is 0 Å². The largest absolute Gasteiger partial charge is 0.446 e. The number of nitrogens with zero attached hydrogens (tertiary/aromatic N) is 1. The molecule has 0 unspecified atom stereocenters. The number of carbonyl (C=O) groups excluding carboxylic acids is 2. The number of aromatic nitrogens is 2. The van der Waals surface area contributed by atoms with Crippen LogP contribution in [-0.4, -0.2) is 22.0 Å². The van der Waals surface area contributed by atoms with Gasteiger partial charge < -0.3 is 15.5 Å². The molecule has 2 aromatic heterocycles. The van der Waals surface area contributed by atoms with Gasteiger partial charge in [0.25, 0.3) is 11.8 Å². The Morgan fingerprint density at radius 3 is 2.50 bits per heavy atom. The summed E-state index contributed by atoms with van der Waals surface area (Å²) in [6.45, 7) is 0. The summed E-state index contributed by atoms with van der Waals surface area (Å²) >= 11 is 0. The molecule has 0 fully saturated rings. The molecule has 2 heterocycles. The maximum atomic E-state index is 12.2. The minimum absolute atomic E-state index is 0.0194. The van der Waals surface area contributed by atoms with Gasteiger partial charge in [-0.25, -0.2) is 0 Å². The SMILES string of the molecule is NC(=O)c1ccc(C(=O)Nc2cc(-c3ccc4ccccc4c3)[nH]n2)o1. The van der Waals surface area contributed by atoms with Crippen LogP contribution in [0.1, 0.15) is 21.1 Å². The van der Waals surface area contributed by atoms with Gasteiger partial charge in [0.2, 0.25) is 0 Å². The number of anilines is 1. The highest BCUT2D eigenvalue weighted by atomic mass is 16.4. The van der Waals surface area contributed by atoms with Gasteiger partial charge in [0.05, 0.1) is 5.69 Å². The summed E-state index contributed by atoms with van der Waals surface area (Å²) in [5, 5.41) is 11.9. The maximum Gasteiger partial charge on any atom is 0.292 e.